The summed E-state index contributed by atoms with van der Waals surface area (Å²) in [5.74, 6) is 0.811. The van der Waals surface area contributed by atoms with Crippen LogP contribution in [0.3, 0.4) is 0 Å². The fraction of sp³-hybridized carbons (Fsp3) is 0.500. The van der Waals surface area contributed by atoms with Gasteiger partial charge in [0.1, 0.15) is 21.4 Å². The number of para-hydroxylation sites is 1. The van der Waals surface area contributed by atoms with E-state index in [4.69, 9.17) is 4.74 Å². The van der Waals surface area contributed by atoms with Crippen molar-refractivity contribution in [1.82, 2.24) is 14.9 Å². The normalized spacial score (nSPS) is 15.2. The third-order valence-corrected chi connectivity index (χ3v) is 6.40. The van der Waals surface area contributed by atoms with Crippen molar-refractivity contribution < 1.29 is 14.3 Å². The van der Waals surface area contributed by atoms with Gasteiger partial charge in [0.05, 0.1) is 0 Å². The van der Waals surface area contributed by atoms with E-state index in [0.29, 0.717) is 32.6 Å². The van der Waals surface area contributed by atoms with Gasteiger partial charge in [0.2, 0.25) is 5.91 Å². The largest absolute Gasteiger partial charge is 0.444 e. The number of carbonyl (C=O) groups excluding carboxylic acids is 2. The first kappa shape index (κ1) is 25.2. The minimum atomic E-state index is -0.515. The molecule has 0 bridgehead atoms. The van der Waals surface area contributed by atoms with Gasteiger partial charge in [-0.25, -0.2) is 14.8 Å². The van der Waals surface area contributed by atoms with E-state index in [-0.39, 0.29) is 17.9 Å². The van der Waals surface area contributed by atoms with Gasteiger partial charge in [-0.2, -0.15) is 0 Å². The smallest absolute Gasteiger partial charge is 0.410 e. The zero-order valence-electron chi connectivity index (χ0n) is 19.9. The predicted octanol–water partition coefficient (Wildman–Crippen LogP) is 4.29. The highest BCUT2D eigenvalue weighted by Gasteiger charge is 2.29. The van der Waals surface area contributed by atoms with E-state index in [2.05, 4.69) is 37.5 Å². The van der Waals surface area contributed by atoms with E-state index >= 15 is 0 Å². The Morgan fingerprint density at radius 2 is 1.76 bits per heavy atom. The van der Waals surface area contributed by atoms with E-state index in [1.807, 2.05) is 58.0 Å². The van der Waals surface area contributed by atoms with Crippen LogP contribution in [-0.2, 0) is 9.53 Å². The molecule has 1 aliphatic heterocycles. The standard InChI is InChI=1S/C24H32IN5O3/c1-17(15-19(31)28(5)18-9-7-6-8-10-18)20-21(25)26-16-27-22(20)29-11-13-30(14-12-29)23(32)33-24(2,3)4/h6-10,16-17H,11-15H2,1-5H3/t17-/m1/s1. The third-order valence-electron chi connectivity index (χ3n) is 5.54. The number of piperazine rings is 1. The summed E-state index contributed by atoms with van der Waals surface area (Å²) < 4.78 is 6.34. The Morgan fingerprint density at radius 3 is 2.36 bits per heavy atom. The van der Waals surface area contributed by atoms with Crippen molar-refractivity contribution in [3.8, 4) is 0 Å². The van der Waals surface area contributed by atoms with Crippen molar-refractivity contribution in [2.75, 3.05) is 43.0 Å². The molecule has 0 unspecified atom stereocenters. The molecule has 1 aromatic carbocycles. The summed E-state index contributed by atoms with van der Waals surface area (Å²) in [6.07, 6.45) is 1.62. The molecule has 1 atom stereocenters. The molecule has 1 saturated heterocycles. The van der Waals surface area contributed by atoms with Crippen LogP contribution >= 0.6 is 22.6 Å². The highest BCUT2D eigenvalue weighted by atomic mass is 127. The Labute approximate surface area is 209 Å². The van der Waals surface area contributed by atoms with Crippen LogP contribution < -0.4 is 9.80 Å². The quantitative estimate of drug-likeness (QED) is 0.398. The van der Waals surface area contributed by atoms with Crippen molar-refractivity contribution in [1.29, 1.82) is 0 Å². The Morgan fingerprint density at radius 1 is 1.12 bits per heavy atom. The molecule has 0 saturated carbocycles. The maximum Gasteiger partial charge on any atom is 0.410 e. The van der Waals surface area contributed by atoms with E-state index in [1.54, 1.807) is 23.2 Å². The summed E-state index contributed by atoms with van der Waals surface area (Å²) in [4.78, 5) is 39.9. The lowest BCUT2D eigenvalue weighted by molar-refractivity contribution is -0.118. The first-order valence-corrected chi connectivity index (χ1v) is 12.2. The first-order valence-electron chi connectivity index (χ1n) is 11.1. The minimum Gasteiger partial charge on any atom is -0.444 e. The average molecular weight is 565 g/mol. The fourth-order valence-corrected chi connectivity index (χ4v) is 4.66. The lowest BCUT2D eigenvalue weighted by atomic mass is 9.98. The predicted molar refractivity (Wildman–Crippen MR) is 138 cm³/mol. The second-order valence-corrected chi connectivity index (χ2v) is 10.3. The first-order chi connectivity index (χ1) is 15.6. The van der Waals surface area contributed by atoms with Gasteiger partial charge in [-0.15, -0.1) is 0 Å². The van der Waals surface area contributed by atoms with Crippen LogP contribution in [0.15, 0.2) is 36.7 Å². The molecule has 1 aliphatic rings. The summed E-state index contributed by atoms with van der Waals surface area (Å²) in [5, 5.41) is 0. The number of hydrogen-bond donors (Lipinski definition) is 0. The maximum atomic E-state index is 13.0. The summed E-state index contributed by atoms with van der Waals surface area (Å²) in [7, 11) is 1.80. The number of benzene rings is 1. The molecule has 2 amide bonds. The third kappa shape index (κ3) is 6.55. The van der Waals surface area contributed by atoms with Crippen molar-refractivity contribution in [3.05, 3.63) is 45.9 Å². The van der Waals surface area contributed by atoms with E-state index in [0.717, 1.165) is 20.8 Å². The Hall–Kier alpha value is -2.43. The van der Waals surface area contributed by atoms with Gasteiger partial charge in [-0.05, 0) is 61.4 Å². The van der Waals surface area contributed by atoms with Crippen LogP contribution in [0.25, 0.3) is 0 Å². The number of ether oxygens (including phenoxy) is 1. The van der Waals surface area contributed by atoms with Crippen LogP contribution in [0.2, 0.25) is 0 Å². The highest BCUT2D eigenvalue weighted by molar-refractivity contribution is 14.1. The summed E-state index contributed by atoms with van der Waals surface area (Å²) in [6, 6.07) is 9.63. The van der Waals surface area contributed by atoms with E-state index < -0.39 is 5.60 Å². The number of aromatic nitrogens is 2. The molecule has 1 fully saturated rings. The molecule has 2 heterocycles. The van der Waals surface area contributed by atoms with Crippen LogP contribution in [0.1, 0.15) is 45.6 Å². The van der Waals surface area contributed by atoms with Gasteiger partial charge in [0, 0.05) is 50.9 Å². The molecule has 3 rings (SSSR count). The molecule has 2 aromatic rings. The van der Waals surface area contributed by atoms with Gasteiger partial charge >= 0.3 is 6.09 Å². The number of nitrogens with zero attached hydrogens (tertiary/aromatic N) is 5. The second kappa shape index (κ2) is 10.7. The van der Waals surface area contributed by atoms with Crippen molar-refractivity contribution >= 4 is 46.1 Å². The van der Waals surface area contributed by atoms with Crippen LogP contribution in [0.4, 0.5) is 16.3 Å². The second-order valence-electron chi connectivity index (χ2n) is 9.25. The highest BCUT2D eigenvalue weighted by Crippen LogP contribution is 2.32. The molecule has 9 heteroatoms. The monoisotopic (exact) mass is 565 g/mol. The number of anilines is 2. The Bertz CT molecular complexity index is 972. The molecule has 33 heavy (non-hydrogen) atoms. The van der Waals surface area contributed by atoms with Gasteiger partial charge in [0.25, 0.3) is 0 Å². The topological polar surface area (TPSA) is 78.9 Å². The zero-order chi connectivity index (χ0) is 24.2. The summed E-state index contributed by atoms with van der Waals surface area (Å²) in [6.45, 7) is 10.0. The molecule has 0 aliphatic carbocycles. The van der Waals surface area contributed by atoms with Gasteiger partial charge in [-0.3, -0.25) is 4.79 Å². The molecule has 1 aromatic heterocycles. The molecular weight excluding hydrogens is 533 g/mol. The molecule has 8 nitrogen and oxygen atoms in total. The van der Waals surface area contributed by atoms with Gasteiger partial charge in [0.15, 0.2) is 0 Å². The maximum absolute atomic E-state index is 13.0. The Balaban J connectivity index is 1.70. The van der Waals surface area contributed by atoms with Crippen molar-refractivity contribution in [2.45, 2.75) is 45.6 Å². The van der Waals surface area contributed by atoms with E-state index in [9.17, 15) is 9.59 Å². The lowest BCUT2D eigenvalue weighted by Gasteiger charge is -2.37. The van der Waals surface area contributed by atoms with E-state index in [1.165, 1.54) is 0 Å². The van der Waals surface area contributed by atoms with Crippen LogP contribution in [-0.4, -0.2) is 65.7 Å². The Kier molecular flexibility index (Phi) is 8.14. The lowest BCUT2D eigenvalue weighted by Crippen LogP contribution is -2.50. The number of hydrogen-bond acceptors (Lipinski definition) is 6. The number of amides is 2. The van der Waals surface area contributed by atoms with Gasteiger partial charge < -0.3 is 19.4 Å². The number of rotatable bonds is 5. The van der Waals surface area contributed by atoms with Crippen LogP contribution in [0.5, 0.6) is 0 Å². The number of carbonyl (C=O) groups is 2. The average Bonchev–Trinajstić information content (AvgIpc) is 2.77. The zero-order valence-corrected chi connectivity index (χ0v) is 22.1. The molecule has 0 radical (unpaired) electrons. The SMILES string of the molecule is C[C@H](CC(=O)N(C)c1ccccc1)c1c(I)ncnc1N1CCN(C(=O)OC(C)(C)C)CC1. The molecular formula is C24H32IN5O3. The minimum absolute atomic E-state index is 0.0362. The van der Waals surface area contributed by atoms with Gasteiger partial charge in [-0.1, -0.05) is 25.1 Å². The van der Waals surface area contributed by atoms with Crippen molar-refractivity contribution in [3.63, 3.8) is 0 Å². The molecule has 178 valence electrons. The summed E-state index contributed by atoms with van der Waals surface area (Å²) >= 11 is 2.22. The molecule has 0 N–H and O–H groups in total. The molecule has 0 spiro atoms. The summed E-state index contributed by atoms with van der Waals surface area (Å²) in [5.41, 5.74) is 1.32. The van der Waals surface area contributed by atoms with Crippen molar-refractivity contribution in [2.24, 2.45) is 0 Å². The number of halogens is 1. The fourth-order valence-electron chi connectivity index (χ4n) is 3.77. The van der Waals surface area contributed by atoms with Crippen LogP contribution in [0, 0.1) is 3.70 Å².